The third kappa shape index (κ3) is 12.7. The fourth-order valence-corrected chi connectivity index (χ4v) is 12.4. The Bertz CT molecular complexity index is 1820. The van der Waals surface area contributed by atoms with Crippen LogP contribution in [0.25, 0.3) is 0 Å². The van der Waals surface area contributed by atoms with Crippen molar-refractivity contribution in [2.45, 2.75) is 136 Å². The van der Waals surface area contributed by atoms with Crippen LogP contribution < -0.4 is 31.6 Å². The third-order valence-electron chi connectivity index (χ3n) is 10.9. The first-order valence-electron chi connectivity index (χ1n) is 21.0. The Morgan fingerprint density at radius 3 is 1.59 bits per heavy atom. The molecular formula is C47H66N4O7Si. The van der Waals surface area contributed by atoms with Gasteiger partial charge in [-0.05, 0) is 72.3 Å². The molecule has 1 heterocycles. The number of rotatable bonds is 21. The Balaban J connectivity index is 1.74. The van der Waals surface area contributed by atoms with Gasteiger partial charge >= 0.3 is 0 Å². The van der Waals surface area contributed by atoms with Gasteiger partial charge in [0.2, 0.25) is 23.6 Å². The van der Waals surface area contributed by atoms with Crippen molar-refractivity contribution in [2.24, 2.45) is 11.8 Å². The lowest BCUT2D eigenvalue weighted by atomic mass is 9.93. The van der Waals surface area contributed by atoms with Crippen molar-refractivity contribution in [3.8, 4) is 0 Å². The van der Waals surface area contributed by atoms with Gasteiger partial charge in [0, 0.05) is 6.92 Å². The minimum atomic E-state index is -3.26. The normalized spacial score (nSPS) is 17.9. The molecule has 1 aliphatic heterocycles. The minimum absolute atomic E-state index is 0.0278. The van der Waals surface area contributed by atoms with E-state index in [1.165, 1.54) is 6.92 Å². The molecule has 0 bridgehead atoms. The second-order valence-electron chi connectivity index (χ2n) is 18.0. The summed E-state index contributed by atoms with van der Waals surface area (Å²) in [5, 5.41) is 13.2. The Hall–Kier alpha value is -4.65. The maximum absolute atomic E-state index is 14.8. The predicted molar refractivity (Wildman–Crippen MR) is 235 cm³/mol. The molecule has 1 fully saturated rings. The third-order valence-corrected chi connectivity index (χ3v) is 16.0. The highest BCUT2D eigenvalue weighted by molar-refractivity contribution is 6.99. The topological polar surface area (TPSA) is 155 Å². The Morgan fingerprint density at radius 2 is 1.14 bits per heavy atom. The standard InChI is InChI=1S/C47H66N4O7Si/c1-31(2)28-39(42(53)47(10)30-57-47)49-45(56)41(33(5)58-59(46(7,8)9,36-22-16-12-17-23-36)37-24-18-13-19-25-37)51-44(55)40(29-32(3)4)50-43(54)38(48-34(6)52)27-26-35-20-14-11-15-21-35/h11-25,31-33,38-41H,26-30H2,1-10H3,(H,48,52)(H,49,56)(H,50,54)(H,51,55)/t33?,38-,39-,40-,41-,47+/m0/s1. The second kappa shape index (κ2) is 20.5. The summed E-state index contributed by atoms with van der Waals surface area (Å²) in [5.41, 5.74) is 0.0209. The molecule has 3 aromatic carbocycles. The van der Waals surface area contributed by atoms with Crippen molar-refractivity contribution >= 4 is 48.1 Å². The van der Waals surface area contributed by atoms with E-state index in [0.717, 1.165) is 15.9 Å². The van der Waals surface area contributed by atoms with Gasteiger partial charge in [-0.15, -0.1) is 0 Å². The average Bonchev–Trinajstić information content (AvgIpc) is 3.94. The molecule has 59 heavy (non-hydrogen) atoms. The maximum atomic E-state index is 14.8. The molecule has 4 N–H and O–H groups in total. The largest absolute Gasteiger partial charge is 0.402 e. The predicted octanol–water partition coefficient (Wildman–Crippen LogP) is 4.99. The number of amides is 4. The van der Waals surface area contributed by atoms with Gasteiger partial charge < -0.3 is 30.4 Å². The summed E-state index contributed by atoms with van der Waals surface area (Å²) < 4.78 is 12.9. The summed E-state index contributed by atoms with van der Waals surface area (Å²) in [6.45, 7) is 19.3. The van der Waals surface area contributed by atoms with Crippen LogP contribution in [0.15, 0.2) is 91.0 Å². The van der Waals surface area contributed by atoms with Gasteiger partial charge in [-0.1, -0.05) is 139 Å². The van der Waals surface area contributed by atoms with Crippen LogP contribution in [-0.2, 0) is 39.6 Å². The van der Waals surface area contributed by atoms with Gasteiger partial charge in [0.1, 0.15) is 23.7 Å². The number of nitrogens with one attached hydrogen (secondary N) is 4. The van der Waals surface area contributed by atoms with Gasteiger partial charge in [-0.3, -0.25) is 24.0 Å². The molecule has 0 aliphatic carbocycles. The molecule has 1 unspecified atom stereocenters. The fraction of sp³-hybridized carbons (Fsp3) is 0.511. The van der Waals surface area contributed by atoms with E-state index in [4.69, 9.17) is 9.16 Å². The molecule has 12 heteroatoms. The Morgan fingerprint density at radius 1 is 0.678 bits per heavy atom. The summed E-state index contributed by atoms with van der Waals surface area (Å²) in [4.78, 5) is 69.3. The summed E-state index contributed by atoms with van der Waals surface area (Å²) in [6, 6.07) is 25.5. The molecule has 1 aliphatic rings. The number of ether oxygens (including phenoxy) is 1. The number of carbonyl (C=O) groups is 5. The quantitative estimate of drug-likeness (QED) is 0.0872. The van der Waals surface area contributed by atoms with Crippen LogP contribution >= 0.6 is 0 Å². The number of carbonyl (C=O) groups excluding carboxylic acids is 5. The number of hydrogen-bond acceptors (Lipinski definition) is 7. The molecule has 0 spiro atoms. The zero-order valence-electron chi connectivity index (χ0n) is 36.6. The smallest absolute Gasteiger partial charge is 0.261 e. The number of Topliss-reactive ketones (excluding diaryl/α,β-unsaturated/α-hetero) is 1. The highest BCUT2D eigenvalue weighted by atomic mass is 28.4. The highest BCUT2D eigenvalue weighted by Gasteiger charge is 2.53. The lowest BCUT2D eigenvalue weighted by molar-refractivity contribution is -0.136. The molecule has 4 amide bonds. The molecule has 0 radical (unpaired) electrons. The number of ketones is 1. The summed E-state index contributed by atoms with van der Waals surface area (Å²) in [6.07, 6.45) is 0.550. The van der Waals surface area contributed by atoms with Crippen LogP contribution in [0.3, 0.4) is 0 Å². The zero-order chi connectivity index (χ0) is 43.5. The maximum Gasteiger partial charge on any atom is 0.261 e. The molecule has 320 valence electrons. The van der Waals surface area contributed by atoms with Crippen molar-refractivity contribution in [2.75, 3.05) is 6.61 Å². The first kappa shape index (κ1) is 47.0. The fourth-order valence-electron chi connectivity index (χ4n) is 7.72. The average molecular weight is 827 g/mol. The van der Waals surface area contributed by atoms with E-state index in [0.29, 0.717) is 19.3 Å². The monoisotopic (exact) mass is 826 g/mol. The Labute approximate surface area is 352 Å². The molecule has 11 nitrogen and oxygen atoms in total. The van der Waals surface area contributed by atoms with Gasteiger partial charge in [-0.25, -0.2) is 0 Å². The second-order valence-corrected chi connectivity index (χ2v) is 22.3. The van der Waals surface area contributed by atoms with E-state index >= 15 is 0 Å². The number of hydrogen-bond donors (Lipinski definition) is 4. The van der Waals surface area contributed by atoms with Crippen LogP contribution in [0, 0.1) is 11.8 Å². The van der Waals surface area contributed by atoms with E-state index in [1.54, 1.807) is 13.8 Å². The molecule has 4 rings (SSSR count). The molecule has 0 saturated carbocycles. The number of aryl methyl sites for hydroxylation is 1. The molecule has 1 saturated heterocycles. The highest BCUT2D eigenvalue weighted by Crippen LogP contribution is 2.38. The van der Waals surface area contributed by atoms with Crippen LogP contribution in [-0.4, -0.2) is 80.2 Å². The summed E-state index contributed by atoms with van der Waals surface area (Å²) in [5.74, 6) is -2.23. The molecule has 3 aromatic rings. The first-order chi connectivity index (χ1) is 27.8. The van der Waals surface area contributed by atoms with E-state index in [9.17, 15) is 24.0 Å². The van der Waals surface area contributed by atoms with Crippen molar-refractivity contribution < 1.29 is 33.1 Å². The van der Waals surface area contributed by atoms with Crippen LogP contribution in [0.1, 0.15) is 94.1 Å². The summed E-state index contributed by atoms with van der Waals surface area (Å²) >= 11 is 0. The van der Waals surface area contributed by atoms with E-state index in [-0.39, 0.29) is 36.6 Å². The number of epoxide rings is 1. The Kier molecular flexibility index (Phi) is 16.4. The van der Waals surface area contributed by atoms with Gasteiger partial charge in [0.15, 0.2) is 5.78 Å². The number of benzene rings is 3. The van der Waals surface area contributed by atoms with Crippen molar-refractivity contribution in [3.05, 3.63) is 96.6 Å². The zero-order valence-corrected chi connectivity index (χ0v) is 37.6. The van der Waals surface area contributed by atoms with E-state index < -0.39 is 66.9 Å². The molecular weight excluding hydrogens is 761 g/mol. The SMILES string of the molecule is CC(=O)N[C@@H](CCc1ccccc1)C(=O)N[C@@H](CC(C)C)C(=O)N[C@H](C(=O)N[C@@H](CC(C)C)C(=O)[C@@]1(C)CO1)C(C)O[Si](c1ccccc1)(c1ccccc1)C(C)(C)C. The van der Waals surface area contributed by atoms with E-state index in [1.807, 2.05) is 94.4 Å². The van der Waals surface area contributed by atoms with Crippen LogP contribution in [0.2, 0.25) is 5.04 Å². The van der Waals surface area contributed by atoms with Gasteiger partial charge in [0.25, 0.3) is 8.32 Å². The lowest BCUT2D eigenvalue weighted by Crippen LogP contribution is -2.70. The molecule has 6 atom stereocenters. The summed E-state index contributed by atoms with van der Waals surface area (Å²) in [7, 11) is -3.26. The van der Waals surface area contributed by atoms with Crippen LogP contribution in [0.5, 0.6) is 0 Å². The minimum Gasteiger partial charge on any atom is -0.402 e. The first-order valence-corrected chi connectivity index (χ1v) is 22.9. The van der Waals surface area contributed by atoms with Crippen molar-refractivity contribution in [1.29, 1.82) is 0 Å². The van der Waals surface area contributed by atoms with Crippen molar-refractivity contribution in [3.63, 3.8) is 0 Å². The van der Waals surface area contributed by atoms with E-state index in [2.05, 4.69) is 66.3 Å². The lowest BCUT2D eigenvalue weighted by Gasteiger charge is -2.45. The molecule has 0 aromatic heterocycles. The van der Waals surface area contributed by atoms with Crippen LogP contribution in [0.4, 0.5) is 0 Å². The van der Waals surface area contributed by atoms with Gasteiger partial charge in [0.05, 0.1) is 18.8 Å². The van der Waals surface area contributed by atoms with Crippen molar-refractivity contribution in [1.82, 2.24) is 21.3 Å². The van der Waals surface area contributed by atoms with Gasteiger partial charge in [-0.2, -0.15) is 0 Å².